The van der Waals surface area contributed by atoms with Crippen molar-refractivity contribution in [3.05, 3.63) is 23.8 Å². The number of hydrogen-bond donors (Lipinski definition) is 5. The van der Waals surface area contributed by atoms with Crippen LogP contribution in [0.3, 0.4) is 0 Å². The zero-order valence-corrected chi connectivity index (χ0v) is 22.4. The van der Waals surface area contributed by atoms with Gasteiger partial charge in [-0.15, -0.1) is 0 Å². The fourth-order valence-corrected chi connectivity index (χ4v) is 8.42. The lowest BCUT2D eigenvalue weighted by molar-refractivity contribution is -0.219. The van der Waals surface area contributed by atoms with Gasteiger partial charge in [0.25, 0.3) is 0 Å². The van der Waals surface area contributed by atoms with Crippen LogP contribution in [-0.2, 0) is 23.2 Å². The molecule has 0 bridgehead atoms. The molecule has 0 aromatic carbocycles. The zero-order valence-electron chi connectivity index (χ0n) is 21.6. The molecule has 0 spiro atoms. The van der Waals surface area contributed by atoms with Crippen LogP contribution in [0.4, 0.5) is 9.18 Å². The van der Waals surface area contributed by atoms with Crippen molar-refractivity contribution in [2.24, 2.45) is 28.6 Å². The summed E-state index contributed by atoms with van der Waals surface area (Å²) in [6.07, 6.45) is 2.17. The van der Waals surface area contributed by atoms with Crippen molar-refractivity contribution in [1.29, 1.82) is 0 Å². The molecule has 212 valence electrons. The van der Waals surface area contributed by atoms with Crippen LogP contribution in [0.1, 0.15) is 46.5 Å². The number of Topliss-reactive ketones (excluding diaryl/α,β-unsaturated/α-hetero) is 1. The van der Waals surface area contributed by atoms with Crippen LogP contribution in [0.15, 0.2) is 23.8 Å². The van der Waals surface area contributed by atoms with E-state index in [1.807, 2.05) is 5.32 Å². The van der Waals surface area contributed by atoms with E-state index in [1.54, 1.807) is 20.8 Å². The lowest BCUT2D eigenvalue weighted by atomic mass is 9.44. The summed E-state index contributed by atoms with van der Waals surface area (Å²) in [6, 6.07) is 0. The number of aliphatic hydroxyl groups excluding tert-OH is 1. The van der Waals surface area contributed by atoms with Crippen LogP contribution in [0.25, 0.3) is 0 Å². The van der Waals surface area contributed by atoms with Crippen LogP contribution >= 0.6 is 7.82 Å². The molecule has 0 heterocycles. The molecule has 11 nitrogen and oxygen atoms in total. The summed E-state index contributed by atoms with van der Waals surface area (Å²) in [5.74, 6) is -3.00. The van der Waals surface area contributed by atoms with Gasteiger partial charge in [0.05, 0.1) is 12.7 Å². The van der Waals surface area contributed by atoms with E-state index in [9.17, 15) is 34.1 Å². The lowest BCUT2D eigenvalue weighted by Gasteiger charge is -2.62. The quantitative estimate of drug-likeness (QED) is 0.219. The molecule has 13 heteroatoms. The van der Waals surface area contributed by atoms with Crippen LogP contribution in [-0.4, -0.2) is 75.0 Å². The van der Waals surface area contributed by atoms with E-state index in [0.717, 1.165) is 0 Å². The first-order chi connectivity index (χ1) is 17.5. The number of carbonyl (C=O) groups excluding carboxylic acids is 2. The van der Waals surface area contributed by atoms with Crippen molar-refractivity contribution in [2.75, 3.05) is 19.8 Å². The van der Waals surface area contributed by atoms with Gasteiger partial charge in [0, 0.05) is 23.3 Å². The van der Waals surface area contributed by atoms with E-state index in [0.29, 0.717) is 18.4 Å². The Morgan fingerprint density at radius 2 is 1.95 bits per heavy atom. The molecule has 1 amide bonds. The Morgan fingerprint density at radius 3 is 2.61 bits per heavy atom. The Bertz CT molecular complexity index is 1140. The molecule has 9 atom stereocenters. The lowest BCUT2D eigenvalue weighted by Crippen LogP contribution is -2.69. The average Bonchev–Trinajstić information content (AvgIpc) is 3.03. The summed E-state index contributed by atoms with van der Waals surface area (Å²) in [5.41, 5.74) is -6.06. The van der Waals surface area contributed by atoms with Gasteiger partial charge < -0.3 is 25.5 Å². The monoisotopic (exact) mass is 559 g/mol. The first-order valence-corrected chi connectivity index (χ1v) is 14.2. The van der Waals surface area contributed by atoms with E-state index in [4.69, 9.17) is 9.63 Å². The van der Waals surface area contributed by atoms with E-state index in [1.165, 1.54) is 18.2 Å². The maximum atomic E-state index is 17.2. The highest BCUT2D eigenvalue weighted by Gasteiger charge is 2.75. The number of phosphoric ester groups is 1. The number of rotatable bonds is 8. The number of nitrogens with one attached hydrogen (secondary N) is 1. The second-order valence-electron chi connectivity index (χ2n) is 11.4. The minimum absolute atomic E-state index is 0.229. The summed E-state index contributed by atoms with van der Waals surface area (Å²) in [6.45, 7) is 3.21. The van der Waals surface area contributed by atoms with Crippen molar-refractivity contribution in [1.82, 2.24) is 5.32 Å². The Morgan fingerprint density at radius 1 is 1.26 bits per heavy atom. The summed E-state index contributed by atoms with van der Waals surface area (Å²) in [5, 5.41) is 33.7. The third-order valence-electron chi connectivity index (χ3n) is 9.64. The van der Waals surface area contributed by atoms with Crippen LogP contribution < -0.4 is 5.32 Å². The van der Waals surface area contributed by atoms with E-state index < -0.39 is 78.9 Å². The molecule has 4 aliphatic rings. The predicted octanol–water partition coefficient (Wildman–Crippen LogP) is 2.30. The average molecular weight is 560 g/mol. The van der Waals surface area contributed by atoms with Crippen molar-refractivity contribution in [2.45, 2.75) is 63.8 Å². The number of carboxylic acid groups (broad SMARTS) is 1. The number of aliphatic hydroxyl groups is 2. The van der Waals surface area contributed by atoms with E-state index >= 15 is 4.39 Å². The van der Waals surface area contributed by atoms with Crippen molar-refractivity contribution in [3.8, 4) is 0 Å². The smallest absolute Gasteiger partial charge is 0.465 e. The molecule has 4 aliphatic carbocycles. The van der Waals surface area contributed by atoms with Crippen LogP contribution in [0.5, 0.6) is 0 Å². The Balaban J connectivity index is 1.55. The van der Waals surface area contributed by atoms with Crippen molar-refractivity contribution < 1.29 is 52.6 Å². The maximum absolute atomic E-state index is 17.2. The SMILES string of the molecule is C[C@@H]1C[C@H]2[C@@H]3CCC4=CC(=O)C=C[C@]4(C)[C@@]3(F)[C@@H](O)C[C@]2(C)[C@@]1(O)C(=O)COP(=O)(O)OCCNC(=O)O. The van der Waals surface area contributed by atoms with E-state index in [2.05, 4.69) is 4.52 Å². The topological polar surface area (TPSA) is 180 Å². The second-order valence-corrected chi connectivity index (χ2v) is 12.9. The highest BCUT2D eigenvalue weighted by atomic mass is 31.2. The number of hydrogen-bond acceptors (Lipinski definition) is 8. The highest BCUT2D eigenvalue weighted by molar-refractivity contribution is 7.47. The molecule has 0 radical (unpaired) electrons. The molecule has 5 N–H and O–H groups in total. The van der Waals surface area contributed by atoms with Gasteiger partial charge in [-0.05, 0) is 56.6 Å². The summed E-state index contributed by atoms with van der Waals surface area (Å²) >= 11 is 0. The summed E-state index contributed by atoms with van der Waals surface area (Å²) in [7, 11) is -4.75. The molecule has 3 fully saturated rings. The molecule has 0 saturated heterocycles. The van der Waals surface area contributed by atoms with Gasteiger partial charge >= 0.3 is 13.9 Å². The zero-order chi connectivity index (χ0) is 28.3. The van der Waals surface area contributed by atoms with Gasteiger partial charge in [-0.25, -0.2) is 13.8 Å². The van der Waals surface area contributed by atoms with Gasteiger partial charge in [-0.3, -0.25) is 18.6 Å². The Kier molecular flexibility index (Phi) is 7.34. The maximum Gasteiger partial charge on any atom is 0.472 e. The normalized spacial score (nSPS) is 43.3. The summed E-state index contributed by atoms with van der Waals surface area (Å²) in [4.78, 5) is 45.7. The number of alkyl halides is 1. The number of ketones is 2. The standard InChI is InChI=1S/C25H35FNO10P/c1-14-10-18-17-5-4-15-11-16(28)6-7-22(15,2)24(17,26)19(29)12-23(18,3)25(14,33)20(30)13-37-38(34,35)36-9-8-27-21(31)32/h6-7,11,14,17-19,27,29,33H,4-5,8-10,12-13H2,1-3H3,(H,31,32)(H,34,35)/t14-,17+,18+,19+,22+,23+,24+,25+/m1/s1. The largest absolute Gasteiger partial charge is 0.472 e. The molecule has 3 saturated carbocycles. The minimum Gasteiger partial charge on any atom is -0.465 e. The molecule has 0 aromatic heterocycles. The van der Waals surface area contributed by atoms with Gasteiger partial charge in [0.1, 0.15) is 12.2 Å². The molecular formula is C25H35FNO10P. The van der Waals surface area contributed by atoms with Crippen LogP contribution in [0, 0.1) is 28.6 Å². The molecule has 1 unspecified atom stereocenters. The molecule has 38 heavy (non-hydrogen) atoms. The second kappa shape index (κ2) is 9.60. The van der Waals surface area contributed by atoms with Gasteiger partial charge in [-0.1, -0.05) is 25.5 Å². The third-order valence-corrected chi connectivity index (χ3v) is 10.6. The fourth-order valence-electron chi connectivity index (χ4n) is 7.75. The van der Waals surface area contributed by atoms with Gasteiger partial charge in [-0.2, -0.15) is 0 Å². The molecular weight excluding hydrogens is 524 g/mol. The Hall–Kier alpha value is -1.95. The number of halogens is 1. The van der Waals surface area contributed by atoms with E-state index in [-0.39, 0.29) is 25.2 Å². The minimum atomic E-state index is -4.75. The van der Waals surface area contributed by atoms with Crippen molar-refractivity contribution in [3.63, 3.8) is 0 Å². The number of allylic oxidation sites excluding steroid dienone is 4. The van der Waals surface area contributed by atoms with Gasteiger partial charge in [0.2, 0.25) is 0 Å². The van der Waals surface area contributed by atoms with Crippen molar-refractivity contribution >= 4 is 25.5 Å². The Labute approximate surface area is 219 Å². The van der Waals surface area contributed by atoms with Crippen LogP contribution in [0.2, 0.25) is 0 Å². The van der Waals surface area contributed by atoms with Gasteiger partial charge in [0.15, 0.2) is 17.2 Å². The first-order valence-electron chi connectivity index (χ1n) is 12.7. The highest BCUT2D eigenvalue weighted by Crippen LogP contribution is 2.70. The predicted molar refractivity (Wildman–Crippen MR) is 131 cm³/mol. The first kappa shape index (κ1) is 29.0. The molecule has 0 aliphatic heterocycles. The number of carbonyl (C=O) groups is 3. The third kappa shape index (κ3) is 4.20. The fraction of sp³-hybridized carbons (Fsp3) is 0.720. The molecule has 4 rings (SSSR count). The summed E-state index contributed by atoms with van der Waals surface area (Å²) < 4.78 is 38.8. The number of phosphoric acid groups is 1. The number of fused-ring (bicyclic) bond motifs is 5. The number of amides is 1. The molecule has 0 aromatic rings.